The van der Waals surface area contributed by atoms with Gasteiger partial charge in [-0.15, -0.1) is 0 Å². The van der Waals surface area contributed by atoms with E-state index in [1.54, 1.807) is 0 Å². The molecule has 50 heavy (non-hydrogen) atoms. The Morgan fingerprint density at radius 2 is 0.920 bits per heavy atom. The Morgan fingerprint density at radius 3 is 1.38 bits per heavy atom. The van der Waals surface area contributed by atoms with Crippen LogP contribution in [0.1, 0.15) is 16.1 Å². The van der Waals surface area contributed by atoms with Gasteiger partial charge in [-0.2, -0.15) is 92.2 Å². The van der Waals surface area contributed by atoms with Crippen molar-refractivity contribution in [3.8, 4) is 5.69 Å². The lowest BCUT2D eigenvalue weighted by Crippen LogP contribution is -2.76. The number of carbonyl (C=O) groups excluding carboxylic acids is 1. The SMILES string of the molecule is O=Cc1cccn1-c1c(/C=C/C(F)(F)C(F)(F)C(F)(F)C(F)(F)C(F)(F)C(F)(F)C(F)(F)C(F)(F)C(F)(F)C(F)(F)F)ccc2ccccc12. The topological polar surface area (TPSA) is 22.0 Å². The second kappa shape index (κ2) is 11.7. The van der Waals surface area contributed by atoms with Crippen LogP contribution in [0.3, 0.4) is 0 Å². The molecule has 0 atom stereocenters. The second-order valence-corrected chi connectivity index (χ2v) is 10.2. The summed E-state index contributed by atoms with van der Waals surface area (Å²) in [6.07, 6.45) is -8.45. The number of hydrogen-bond acceptors (Lipinski definition) is 1. The van der Waals surface area contributed by atoms with Gasteiger partial charge < -0.3 is 4.57 Å². The molecule has 0 saturated heterocycles. The summed E-state index contributed by atoms with van der Waals surface area (Å²) in [5.41, 5.74) is -1.41. The van der Waals surface area contributed by atoms with Crippen LogP contribution < -0.4 is 0 Å². The van der Waals surface area contributed by atoms with Crippen molar-refractivity contribution in [2.24, 2.45) is 0 Å². The van der Waals surface area contributed by atoms with Crippen molar-refractivity contribution in [3.05, 3.63) is 72.1 Å². The Balaban J connectivity index is 2.16. The fourth-order valence-corrected chi connectivity index (χ4v) is 4.24. The normalized spacial score (nSPS) is 15.3. The van der Waals surface area contributed by atoms with Gasteiger partial charge in [-0.05, 0) is 29.2 Å². The first-order valence-corrected chi connectivity index (χ1v) is 12.6. The molecule has 0 N–H and O–H groups in total. The number of carbonyl (C=O) groups is 1. The molecular weight excluding hydrogens is 753 g/mol. The zero-order chi connectivity index (χ0) is 38.9. The molecule has 0 unspecified atom stereocenters. The van der Waals surface area contributed by atoms with Crippen LogP contribution in [0.25, 0.3) is 22.5 Å². The summed E-state index contributed by atoms with van der Waals surface area (Å²) < 4.78 is 288. The number of hydrogen-bond donors (Lipinski definition) is 0. The standard InChI is InChI=1S/C27H12F21NO/c28-18(29,10-9-14-8-7-13-4-1-2-6-16(13)17(14)49-11-3-5-15(49)12-50)19(30,31)20(32,33)21(34,35)22(36,37)23(38,39)24(40,41)25(42,43)26(44,45)27(46,47)48/h1-12H/b10-9+. The molecule has 0 aliphatic rings. The predicted molar refractivity (Wildman–Crippen MR) is 128 cm³/mol. The van der Waals surface area contributed by atoms with E-state index in [-0.39, 0.29) is 34.5 Å². The maximum absolute atomic E-state index is 14.6. The molecule has 2 aromatic carbocycles. The highest BCUT2D eigenvalue weighted by Gasteiger charge is 2.97. The minimum Gasteiger partial charge on any atom is -0.313 e. The fourth-order valence-electron chi connectivity index (χ4n) is 4.24. The fraction of sp³-hybridized carbons (Fsp3) is 0.370. The van der Waals surface area contributed by atoms with Crippen LogP contribution >= 0.6 is 0 Å². The van der Waals surface area contributed by atoms with Crippen LogP contribution in [-0.2, 0) is 0 Å². The average molecular weight is 765 g/mol. The van der Waals surface area contributed by atoms with E-state index < -0.39 is 71.1 Å². The monoisotopic (exact) mass is 765 g/mol. The van der Waals surface area contributed by atoms with Crippen LogP contribution in [0, 0.1) is 0 Å². The van der Waals surface area contributed by atoms with Crippen LogP contribution in [0.15, 0.2) is 60.8 Å². The number of fused-ring (bicyclic) bond motifs is 1. The average Bonchev–Trinajstić information content (AvgIpc) is 3.46. The number of benzene rings is 2. The van der Waals surface area contributed by atoms with Gasteiger partial charge in [-0.25, -0.2) is 0 Å². The summed E-state index contributed by atoms with van der Waals surface area (Å²) in [7, 11) is 0. The van der Waals surface area contributed by atoms with Gasteiger partial charge >= 0.3 is 59.5 Å². The van der Waals surface area contributed by atoms with Gasteiger partial charge in [0.25, 0.3) is 0 Å². The van der Waals surface area contributed by atoms with Gasteiger partial charge in [0, 0.05) is 11.6 Å². The Kier molecular flexibility index (Phi) is 9.47. The summed E-state index contributed by atoms with van der Waals surface area (Å²) in [6, 6.07) is 9.41. The second-order valence-electron chi connectivity index (χ2n) is 10.2. The minimum absolute atomic E-state index is 0.00315. The summed E-state index contributed by atoms with van der Waals surface area (Å²) in [4.78, 5) is 11.4. The van der Waals surface area contributed by atoms with E-state index in [0.717, 1.165) is 29.0 Å². The highest BCUT2D eigenvalue weighted by molar-refractivity contribution is 5.95. The van der Waals surface area contributed by atoms with Crippen molar-refractivity contribution in [1.29, 1.82) is 0 Å². The zero-order valence-corrected chi connectivity index (χ0v) is 23.2. The molecule has 0 aliphatic carbocycles. The lowest BCUT2D eigenvalue weighted by Gasteiger charge is -2.44. The number of allylic oxidation sites excluding steroid dienone is 1. The molecule has 278 valence electrons. The van der Waals surface area contributed by atoms with E-state index in [1.807, 2.05) is 0 Å². The van der Waals surface area contributed by atoms with Crippen molar-refractivity contribution in [3.63, 3.8) is 0 Å². The van der Waals surface area contributed by atoms with Crippen LogP contribution in [0.4, 0.5) is 92.2 Å². The van der Waals surface area contributed by atoms with E-state index >= 15 is 0 Å². The third-order valence-electron chi connectivity index (χ3n) is 7.08. The van der Waals surface area contributed by atoms with Crippen molar-refractivity contribution in [1.82, 2.24) is 4.57 Å². The van der Waals surface area contributed by atoms with E-state index in [2.05, 4.69) is 0 Å². The van der Waals surface area contributed by atoms with Gasteiger partial charge in [0.2, 0.25) is 0 Å². The molecule has 3 aromatic rings. The molecule has 0 aliphatic heterocycles. The molecule has 0 spiro atoms. The van der Waals surface area contributed by atoms with Crippen LogP contribution in [0.2, 0.25) is 0 Å². The summed E-state index contributed by atoms with van der Waals surface area (Å²) in [6.45, 7) is 0. The number of alkyl halides is 21. The largest absolute Gasteiger partial charge is 0.460 e. The smallest absolute Gasteiger partial charge is 0.313 e. The molecular formula is C27H12F21NO. The number of nitrogens with zero attached hydrogens (tertiary/aromatic N) is 1. The van der Waals surface area contributed by atoms with Gasteiger partial charge in [0.05, 0.1) is 11.4 Å². The third kappa shape index (κ3) is 5.35. The van der Waals surface area contributed by atoms with Gasteiger partial charge in [-0.1, -0.05) is 42.5 Å². The quantitative estimate of drug-likeness (QED) is 0.133. The number of halogens is 21. The first-order chi connectivity index (χ1) is 22.2. The Hall–Kier alpha value is -4.08. The Labute approximate surface area is 262 Å². The maximum Gasteiger partial charge on any atom is 0.460 e. The minimum atomic E-state index is -9.24. The van der Waals surface area contributed by atoms with Gasteiger partial charge in [-0.3, -0.25) is 4.79 Å². The van der Waals surface area contributed by atoms with Crippen molar-refractivity contribution >= 4 is 23.1 Å². The van der Waals surface area contributed by atoms with Crippen LogP contribution in [0.5, 0.6) is 0 Å². The Morgan fingerprint density at radius 1 is 0.480 bits per heavy atom. The molecule has 2 nitrogen and oxygen atoms in total. The van der Waals surface area contributed by atoms with Crippen molar-refractivity contribution in [2.45, 2.75) is 59.5 Å². The molecule has 0 fully saturated rings. The first-order valence-electron chi connectivity index (χ1n) is 12.6. The Bertz CT molecular complexity index is 1770. The zero-order valence-electron chi connectivity index (χ0n) is 23.2. The lowest BCUT2D eigenvalue weighted by molar-refractivity contribution is -0.473. The number of aromatic nitrogens is 1. The third-order valence-corrected chi connectivity index (χ3v) is 7.08. The molecule has 3 rings (SSSR count). The van der Waals surface area contributed by atoms with E-state index in [0.29, 0.717) is 0 Å². The highest BCUT2D eigenvalue weighted by atomic mass is 19.4. The van der Waals surface area contributed by atoms with Gasteiger partial charge in [0.15, 0.2) is 6.29 Å². The van der Waals surface area contributed by atoms with Crippen molar-refractivity contribution < 1.29 is 97.0 Å². The highest BCUT2D eigenvalue weighted by Crippen LogP contribution is 2.66. The summed E-state index contributed by atoms with van der Waals surface area (Å²) in [5.74, 6) is -77.8. The summed E-state index contributed by atoms with van der Waals surface area (Å²) >= 11 is 0. The first kappa shape index (κ1) is 40.4. The van der Waals surface area contributed by atoms with E-state index in [4.69, 9.17) is 0 Å². The number of rotatable bonds is 12. The summed E-state index contributed by atoms with van der Waals surface area (Å²) in [5, 5.41) is 0.226. The molecule has 23 heteroatoms. The lowest BCUT2D eigenvalue weighted by atomic mass is 9.86. The van der Waals surface area contributed by atoms with Crippen LogP contribution in [-0.4, -0.2) is 70.3 Å². The predicted octanol–water partition coefficient (Wildman–Crippen LogP) is 10.7. The van der Waals surface area contributed by atoms with Crippen molar-refractivity contribution in [2.75, 3.05) is 0 Å². The molecule has 0 radical (unpaired) electrons. The maximum atomic E-state index is 14.6. The molecule has 0 saturated carbocycles. The van der Waals surface area contributed by atoms with E-state index in [1.165, 1.54) is 30.3 Å². The molecule has 1 aromatic heterocycles. The molecule has 0 amide bonds. The number of aldehydes is 1. The molecule has 1 heterocycles. The van der Waals surface area contributed by atoms with E-state index in [9.17, 15) is 97.0 Å². The molecule has 0 bridgehead atoms. The van der Waals surface area contributed by atoms with Gasteiger partial charge in [0.1, 0.15) is 0 Å².